The van der Waals surface area contributed by atoms with Crippen LogP contribution in [0.5, 0.6) is 0 Å². The van der Waals surface area contributed by atoms with E-state index in [4.69, 9.17) is 10.5 Å². The van der Waals surface area contributed by atoms with Crippen molar-refractivity contribution in [2.24, 2.45) is 11.7 Å². The molecule has 106 valence electrons. The maximum Gasteiger partial charge on any atom is 0.221 e. The quantitative estimate of drug-likeness (QED) is 0.651. The zero-order valence-corrected chi connectivity index (χ0v) is 11.8. The molecule has 0 aromatic heterocycles. The number of rotatable bonds is 8. The van der Waals surface area contributed by atoms with Crippen molar-refractivity contribution in [2.45, 2.75) is 57.9 Å². The van der Waals surface area contributed by atoms with Gasteiger partial charge < -0.3 is 15.8 Å². The highest BCUT2D eigenvalue weighted by Gasteiger charge is 2.31. The van der Waals surface area contributed by atoms with Crippen LogP contribution in [-0.2, 0) is 9.53 Å². The molecule has 4 nitrogen and oxygen atoms in total. The van der Waals surface area contributed by atoms with Crippen LogP contribution in [0.3, 0.4) is 0 Å². The first kappa shape index (κ1) is 15.4. The molecule has 0 unspecified atom stereocenters. The molecule has 0 aromatic carbocycles. The van der Waals surface area contributed by atoms with Gasteiger partial charge in [0.1, 0.15) is 0 Å². The highest BCUT2D eigenvalue weighted by atomic mass is 16.5. The van der Waals surface area contributed by atoms with Gasteiger partial charge in [0.05, 0.1) is 6.61 Å². The van der Waals surface area contributed by atoms with Crippen molar-refractivity contribution in [3.8, 4) is 0 Å². The lowest BCUT2D eigenvalue weighted by Gasteiger charge is -2.22. The minimum Gasteiger partial charge on any atom is -0.380 e. The summed E-state index contributed by atoms with van der Waals surface area (Å²) in [5.74, 6) is 0.728. The topological polar surface area (TPSA) is 64.3 Å². The summed E-state index contributed by atoms with van der Waals surface area (Å²) in [7, 11) is 0. The normalized spacial score (nSPS) is 18.2. The Labute approximate surface area is 111 Å². The van der Waals surface area contributed by atoms with Crippen molar-refractivity contribution in [2.75, 3.05) is 19.8 Å². The molecular formula is C14H28N2O2. The summed E-state index contributed by atoms with van der Waals surface area (Å²) in [6, 6.07) is 0. The molecule has 0 spiro atoms. The Bertz CT molecular complexity index is 248. The summed E-state index contributed by atoms with van der Waals surface area (Å²) in [6.07, 6.45) is 5.79. The molecule has 1 rings (SSSR count). The van der Waals surface area contributed by atoms with Crippen LogP contribution in [0.2, 0.25) is 0 Å². The van der Waals surface area contributed by atoms with Gasteiger partial charge in [-0.05, 0) is 25.2 Å². The maximum absolute atomic E-state index is 11.7. The van der Waals surface area contributed by atoms with Crippen LogP contribution in [0, 0.1) is 5.92 Å². The molecule has 0 radical (unpaired) electrons. The number of ether oxygens (including phenoxy) is 1. The van der Waals surface area contributed by atoms with E-state index in [1.165, 1.54) is 0 Å². The smallest absolute Gasteiger partial charge is 0.221 e. The molecule has 0 heterocycles. The van der Waals surface area contributed by atoms with Crippen LogP contribution in [0.15, 0.2) is 0 Å². The number of carbonyl (C=O) groups is 1. The number of nitrogens with one attached hydrogen (secondary N) is 1. The standard InChI is InChI=1S/C14H28N2O2/c1-12(2)5-9-18-10-8-16-13(17)11-14(15)6-3-4-7-14/h12H,3-11,15H2,1-2H3,(H,16,17). The van der Waals surface area contributed by atoms with Gasteiger partial charge in [-0.15, -0.1) is 0 Å². The summed E-state index contributed by atoms with van der Waals surface area (Å²) < 4.78 is 5.44. The molecule has 0 saturated heterocycles. The molecule has 4 heteroatoms. The van der Waals surface area contributed by atoms with Gasteiger partial charge in [0.2, 0.25) is 5.91 Å². The van der Waals surface area contributed by atoms with Crippen LogP contribution in [0.4, 0.5) is 0 Å². The molecule has 0 aromatic rings. The molecule has 0 bridgehead atoms. The predicted molar refractivity (Wildman–Crippen MR) is 73.3 cm³/mol. The highest BCUT2D eigenvalue weighted by molar-refractivity contribution is 5.77. The predicted octanol–water partition coefficient (Wildman–Crippen LogP) is 1.83. The second kappa shape index (κ2) is 7.74. The molecule has 1 fully saturated rings. The summed E-state index contributed by atoms with van der Waals surface area (Å²) in [4.78, 5) is 11.7. The number of amides is 1. The molecule has 1 aliphatic rings. The Morgan fingerprint density at radius 1 is 1.33 bits per heavy atom. The van der Waals surface area contributed by atoms with Crippen molar-refractivity contribution in [3.05, 3.63) is 0 Å². The summed E-state index contributed by atoms with van der Waals surface area (Å²) in [5, 5.41) is 2.88. The average Bonchev–Trinajstić information content (AvgIpc) is 2.69. The minimum atomic E-state index is -0.247. The number of hydrogen-bond donors (Lipinski definition) is 2. The van der Waals surface area contributed by atoms with Crippen LogP contribution < -0.4 is 11.1 Å². The number of nitrogens with two attached hydrogens (primary N) is 1. The van der Waals surface area contributed by atoms with Gasteiger partial charge in [-0.3, -0.25) is 4.79 Å². The van der Waals surface area contributed by atoms with Gasteiger partial charge in [0.25, 0.3) is 0 Å². The monoisotopic (exact) mass is 256 g/mol. The lowest BCUT2D eigenvalue weighted by molar-refractivity contribution is -0.122. The van der Waals surface area contributed by atoms with Crippen LogP contribution >= 0.6 is 0 Å². The van der Waals surface area contributed by atoms with E-state index in [1.54, 1.807) is 0 Å². The van der Waals surface area contributed by atoms with Crippen molar-refractivity contribution in [3.63, 3.8) is 0 Å². The summed E-state index contributed by atoms with van der Waals surface area (Å²) >= 11 is 0. The molecule has 3 N–H and O–H groups in total. The fourth-order valence-corrected chi connectivity index (χ4v) is 2.32. The SMILES string of the molecule is CC(C)CCOCCNC(=O)CC1(N)CCCC1. The van der Waals surface area contributed by atoms with E-state index in [2.05, 4.69) is 19.2 Å². The second-order valence-electron chi connectivity index (χ2n) is 5.89. The van der Waals surface area contributed by atoms with E-state index in [0.717, 1.165) is 38.7 Å². The molecule has 18 heavy (non-hydrogen) atoms. The summed E-state index contributed by atoms with van der Waals surface area (Å²) in [5.41, 5.74) is 5.91. The Hall–Kier alpha value is -0.610. The lowest BCUT2D eigenvalue weighted by atomic mass is 9.94. The third kappa shape index (κ3) is 6.36. The first-order valence-electron chi connectivity index (χ1n) is 7.15. The zero-order chi connectivity index (χ0) is 13.4. The Morgan fingerprint density at radius 2 is 2.00 bits per heavy atom. The zero-order valence-electron chi connectivity index (χ0n) is 11.8. The largest absolute Gasteiger partial charge is 0.380 e. The van der Waals surface area contributed by atoms with E-state index in [-0.39, 0.29) is 11.4 Å². The van der Waals surface area contributed by atoms with E-state index < -0.39 is 0 Å². The molecule has 1 aliphatic carbocycles. The minimum absolute atomic E-state index is 0.0619. The van der Waals surface area contributed by atoms with Gasteiger partial charge in [-0.25, -0.2) is 0 Å². The van der Waals surface area contributed by atoms with Crippen molar-refractivity contribution in [1.82, 2.24) is 5.32 Å². The van der Waals surface area contributed by atoms with Crippen molar-refractivity contribution in [1.29, 1.82) is 0 Å². The van der Waals surface area contributed by atoms with E-state index >= 15 is 0 Å². The first-order chi connectivity index (χ1) is 8.52. The lowest BCUT2D eigenvalue weighted by Crippen LogP contribution is -2.42. The fourth-order valence-electron chi connectivity index (χ4n) is 2.32. The summed E-state index contributed by atoms with van der Waals surface area (Å²) in [6.45, 7) is 6.30. The van der Waals surface area contributed by atoms with E-state index in [9.17, 15) is 4.79 Å². The van der Waals surface area contributed by atoms with E-state index in [0.29, 0.717) is 25.5 Å². The third-order valence-electron chi connectivity index (χ3n) is 3.52. The molecule has 1 amide bonds. The third-order valence-corrected chi connectivity index (χ3v) is 3.52. The molecule has 0 aliphatic heterocycles. The second-order valence-corrected chi connectivity index (χ2v) is 5.89. The Morgan fingerprint density at radius 3 is 2.61 bits per heavy atom. The maximum atomic E-state index is 11.7. The van der Waals surface area contributed by atoms with Crippen molar-refractivity contribution >= 4 is 5.91 Å². The van der Waals surface area contributed by atoms with Gasteiger partial charge in [-0.2, -0.15) is 0 Å². The fraction of sp³-hybridized carbons (Fsp3) is 0.929. The van der Waals surface area contributed by atoms with Gasteiger partial charge >= 0.3 is 0 Å². The number of hydrogen-bond acceptors (Lipinski definition) is 3. The molecular weight excluding hydrogens is 228 g/mol. The van der Waals surface area contributed by atoms with Gasteiger partial charge in [0, 0.05) is 25.1 Å². The highest BCUT2D eigenvalue weighted by Crippen LogP contribution is 2.29. The van der Waals surface area contributed by atoms with Gasteiger partial charge in [0.15, 0.2) is 0 Å². The van der Waals surface area contributed by atoms with E-state index in [1.807, 2.05) is 0 Å². The Balaban J connectivity index is 2.00. The number of carbonyl (C=O) groups excluding carboxylic acids is 1. The molecule has 1 saturated carbocycles. The average molecular weight is 256 g/mol. The van der Waals surface area contributed by atoms with Crippen LogP contribution in [0.1, 0.15) is 52.4 Å². The van der Waals surface area contributed by atoms with Crippen LogP contribution in [-0.4, -0.2) is 31.2 Å². The Kier molecular flexibility index (Phi) is 6.65. The van der Waals surface area contributed by atoms with Gasteiger partial charge in [-0.1, -0.05) is 26.7 Å². The molecule has 0 atom stereocenters. The first-order valence-corrected chi connectivity index (χ1v) is 7.15. The van der Waals surface area contributed by atoms with Crippen LogP contribution in [0.25, 0.3) is 0 Å². The van der Waals surface area contributed by atoms with Crippen molar-refractivity contribution < 1.29 is 9.53 Å².